The molecule has 136 valence electrons. The maximum atomic E-state index is 11.1. The van der Waals surface area contributed by atoms with Crippen molar-refractivity contribution in [1.82, 2.24) is 19.7 Å². The van der Waals surface area contributed by atoms with E-state index in [1.165, 1.54) is 6.92 Å². The third-order valence-corrected chi connectivity index (χ3v) is 4.22. The van der Waals surface area contributed by atoms with E-state index in [9.17, 15) is 4.79 Å². The van der Waals surface area contributed by atoms with Crippen LogP contribution in [0.5, 0.6) is 0 Å². The van der Waals surface area contributed by atoms with Crippen LogP contribution in [0, 0.1) is 0 Å². The van der Waals surface area contributed by atoms with Crippen molar-refractivity contribution in [3.8, 4) is 22.8 Å². The standard InChI is InChI=1S/C20H19N5O2/c1-3-10-25-12-21-17-11-15(6-9-18(17)25)19-23-20(27-24-19)14-4-7-16(8-5-14)22-13(2)26/h4-9,11-12H,3,10H2,1-2H3,(H,22,26). The summed E-state index contributed by atoms with van der Waals surface area (Å²) in [5.74, 6) is 0.832. The zero-order valence-electron chi connectivity index (χ0n) is 15.1. The van der Waals surface area contributed by atoms with Crippen LogP contribution in [0.25, 0.3) is 33.9 Å². The fraction of sp³-hybridized carbons (Fsp3) is 0.200. The minimum atomic E-state index is -0.111. The van der Waals surface area contributed by atoms with Crippen LogP contribution in [-0.2, 0) is 11.3 Å². The lowest BCUT2D eigenvalue weighted by Gasteiger charge is -2.02. The van der Waals surface area contributed by atoms with Crippen LogP contribution < -0.4 is 5.32 Å². The summed E-state index contributed by atoms with van der Waals surface area (Å²) in [6.45, 7) is 4.56. The summed E-state index contributed by atoms with van der Waals surface area (Å²) < 4.78 is 7.54. The average molecular weight is 361 g/mol. The van der Waals surface area contributed by atoms with E-state index in [1.54, 1.807) is 12.1 Å². The van der Waals surface area contributed by atoms with Crippen LogP contribution in [-0.4, -0.2) is 25.6 Å². The molecule has 0 aliphatic rings. The normalized spacial score (nSPS) is 11.0. The van der Waals surface area contributed by atoms with Gasteiger partial charge in [-0.2, -0.15) is 4.98 Å². The summed E-state index contributed by atoms with van der Waals surface area (Å²) in [7, 11) is 0. The number of rotatable bonds is 5. The van der Waals surface area contributed by atoms with Gasteiger partial charge in [0.15, 0.2) is 0 Å². The number of aromatic nitrogens is 4. The van der Waals surface area contributed by atoms with Gasteiger partial charge in [-0.25, -0.2) is 4.98 Å². The maximum absolute atomic E-state index is 11.1. The van der Waals surface area contributed by atoms with Crippen LogP contribution in [0.1, 0.15) is 20.3 Å². The molecular weight excluding hydrogens is 342 g/mol. The third-order valence-electron chi connectivity index (χ3n) is 4.22. The van der Waals surface area contributed by atoms with Gasteiger partial charge < -0.3 is 14.4 Å². The molecule has 4 rings (SSSR count). The zero-order chi connectivity index (χ0) is 18.8. The number of nitrogens with one attached hydrogen (secondary N) is 1. The Morgan fingerprint density at radius 1 is 1.15 bits per heavy atom. The van der Waals surface area contributed by atoms with Crippen molar-refractivity contribution in [3.63, 3.8) is 0 Å². The smallest absolute Gasteiger partial charge is 0.258 e. The Morgan fingerprint density at radius 2 is 1.93 bits per heavy atom. The molecule has 0 unspecified atom stereocenters. The van der Waals surface area contributed by atoms with E-state index in [0.29, 0.717) is 11.7 Å². The molecule has 7 nitrogen and oxygen atoms in total. The van der Waals surface area contributed by atoms with Gasteiger partial charge in [0.1, 0.15) is 0 Å². The van der Waals surface area contributed by atoms with Gasteiger partial charge in [-0.15, -0.1) is 0 Å². The number of aryl methyl sites for hydroxylation is 1. The monoisotopic (exact) mass is 361 g/mol. The number of fused-ring (bicyclic) bond motifs is 1. The summed E-state index contributed by atoms with van der Waals surface area (Å²) in [5, 5.41) is 6.82. The van der Waals surface area contributed by atoms with Crippen LogP contribution in [0.4, 0.5) is 5.69 Å². The Kier molecular flexibility index (Phi) is 4.42. The van der Waals surface area contributed by atoms with E-state index in [1.807, 2.05) is 36.7 Å². The lowest BCUT2D eigenvalue weighted by atomic mass is 10.2. The largest absolute Gasteiger partial charge is 0.334 e. The highest BCUT2D eigenvalue weighted by Gasteiger charge is 2.12. The van der Waals surface area contributed by atoms with E-state index in [2.05, 4.69) is 31.9 Å². The number of carbonyl (C=O) groups is 1. The molecule has 0 saturated carbocycles. The molecule has 1 N–H and O–H groups in total. The quantitative estimate of drug-likeness (QED) is 0.578. The topological polar surface area (TPSA) is 85.8 Å². The van der Waals surface area contributed by atoms with Gasteiger partial charge in [0.05, 0.1) is 17.4 Å². The van der Waals surface area contributed by atoms with E-state index in [4.69, 9.17) is 4.52 Å². The minimum absolute atomic E-state index is 0.111. The third kappa shape index (κ3) is 3.44. The Hall–Kier alpha value is -3.48. The summed E-state index contributed by atoms with van der Waals surface area (Å²) >= 11 is 0. The van der Waals surface area contributed by atoms with Crippen LogP contribution in [0.2, 0.25) is 0 Å². The lowest BCUT2D eigenvalue weighted by Crippen LogP contribution is -2.05. The molecule has 27 heavy (non-hydrogen) atoms. The summed E-state index contributed by atoms with van der Waals surface area (Å²) in [4.78, 5) is 20.1. The molecule has 0 spiro atoms. The van der Waals surface area contributed by atoms with Crippen LogP contribution in [0.15, 0.2) is 53.3 Å². The molecule has 0 atom stereocenters. The summed E-state index contributed by atoms with van der Waals surface area (Å²) in [6.07, 6.45) is 2.92. The van der Waals surface area contributed by atoms with E-state index >= 15 is 0 Å². The molecule has 0 radical (unpaired) electrons. The highest BCUT2D eigenvalue weighted by atomic mass is 16.5. The van der Waals surface area contributed by atoms with Crippen molar-refractivity contribution >= 4 is 22.6 Å². The average Bonchev–Trinajstić information content (AvgIpc) is 3.29. The van der Waals surface area contributed by atoms with Crippen molar-refractivity contribution in [1.29, 1.82) is 0 Å². The molecular formula is C20H19N5O2. The Morgan fingerprint density at radius 3 is 2.67 bits per heavy atom. The second-order valence-electron chi connectivity index (χ2n) is 6.32. The van der Waals surface area contributed by atoms with Gasteiger partial charge in [-0.05, 0) is 48.9 Å². The second-order valence-corrected chi connectivity index (χ2v) is 6.32. The van der Waals surface area contributed by atoms with Crippen LogP contribution in [0.3, 0.4) is 0 Å². The number of hydrogen-bond donors (Lipinski definition) is 1. The molecule has 0 fully saturated rings. The van der Waals surface area contributed by atoms with E-state index in [-0.39, 0.29) is 5.91 Å². The highest BCUT2D eigenvalue weighted by Crippen LogP contribution is 2.25. The van der Waals surface area contributed by atoms with Gasteiger partial charge in [0.25, 0.3) is 5.89 Å². The molecule has 1 amide bonds. The molecule has 2 aromatic heterocycles. The van der Waals surface area contributed by atoms with E-state index < -0.39 is 0 Å². The van der Waals surface area contributed by atoms with Gasteiger partial charge in [0, 0.05) is 30.3 Å². The SMILES string of the molecule is CCCn1cnc2cc(-c3noc(-c4ccc(NC(C)=O)cc4)n3)ccc21. The first-order valence-electron chi connectivity index (χ1n) is 8.81. The molecule has 0 aliphatic carbocycles. The number of benzene rings is 2. The van der Waals surface area contributed by atoms with Gasteiger partial charge in [-0.1, -0.05) is 12.1 Å². The predicted molar refractivity (Wildman–Crippen MR) is 103 cm³/mol. The second kappa shape index (κ2) is 7.03. The Balaban J connectivity index is 1.60. The first kappa shape index (κ1) is 17.0. The zero-order valence-corrected chi connectivity index (χ0v) is 15.1. The first-order valence-corrected chi connectivity index (χ1v) is 8.81. The molecule has 2 aromatic carbocycles. The molecule has 0 saturated heterocycles. The highest BCUT2D eigenvalue weighted by molar-refractivity contribution is 5.88. The fourth-order valence-electron chi connectivity index (χ4n) is 2.98. The summed E-state index contributed by atoms with van der Waals surface area (Å²) in [5.41, 5.74) is 4.37. The van der Waals surface area contributed by atoms with Crippen molar-refractivity contribution in [2.45, 2.75) is 26.8 Å². The molecule has 4 aromatic rings. The number of anilines is 1. The molecule has 0 aliphatic heterocycles. The molecule has 2 heterocycles. The maximum Gasteiger partial charge on any atom is 0.258 e. The first-order chi connectivity index (χ1) is 13.1. The van der Waals surface area contributed by atoms with Crippen molar-refractivity contribution < 1.29 is 9.32 Å². The Bertz CT molecular complexity index is 1100. The molecule has 7 heteroatoms. The molecule has 0 bridgehead atoms. The number of imidazole rings is 1. The van der Waals surface area contributed by atoms with Gasteiger partial charge >= 0.3 is 0 Å². The van der Waals surface area contributed by atoms with Gasteiger partial charge in [0.2, 0.25) is 11.7 Å². The van der Waals surface area contributed by atoms with Crippen molar-refractivity contribution in [2.24, 2.45) is 0 Å². The van der Waals surface area contributed by atoms with Crippen molar-refractivity contribution in [3.05, 3.63) is 48.8 Å². The Labute approximate surface area is 156 Å². The van der Waals surface area contributed by atoms with Crippen LogP contribution >= 0.6 is 0 Å². The summed E-state index contributed by atoms with van der Waals surface area (Å²) in [6, 6.07) is 13.2. The fourth-order valence-corrected chi connectivity index (χ4v) is 2.98. The lowest BCUT2D eigenvalue weighted by molar-refractivity contribution is -0.114. The minimum Gasteiger partial charge on any atom is -0.334 e. The predicted octanol–water partition coefficient (Wildman–Crippen LogP) is 4.12. The number of hydrogen-bond acceptors (Lipinski definition) is 5. The van der Waals surface area contributed by atoms with E-state index in [0.717, 1.165) is 40.8 Å². The van der Waals surface area contributed by atoms with Gasteiger partial charge in [-0.3, -0.25) is 4.79 Å². The number of carbonyl (C=O) groups excluding carboxylic acids is 1. The van der Waals surface area contributed by atoms with Crippen molar-refractivity contribution in [2.75, 3.05) is 5.32 Å². The number of nitrogens with zero attached hydrogens (tertiary/aromatic N) is 4. The number of amides is 1.